The normalized spacial score (nSPS) is 23.4. The summed E-state index contributed by atoms with van der Waals surface area (Å²) in [6, 6.07) is 1.27. The Hall–Kier alpha value is -1.40. The Labute approximate surface area is 118 Å². The van der Waals surface area contributed by atoms with Gasteiger partial charge in [-0.2, -0.15) is 0 Å². The number of hydrogen-bond acceptors (Lipinski definition) is 4. The van der Waals surface area contributed by atoms with Crippen molar-refractivity contribution in [3.8, 4) is 0 Å². The lowest BCUT2D eigenvalue weighted by atomic mass is 10.2. The van der Waals surface area contributed by atoms with Crippen LogP contribution in [0.25, 0.3) is 0 Å². The minimum atomic E-state index is -0.278. The Morgan fingerprint density at radius 3 is 2.70 bits per heavy atom. The standard InChI is InChI=1S/C14H22N4O2/c1-16-8-10(13(19)17(2)14(16)20)7-15-11-5-6-18(9-11)12-3-4-12/h8,11-12,15H,3-7,9H2,1-2H3. The summed E-state index contributed by atoms with van der Waals surface area (Å²) >= 11 is 0. The number of aromatic nitrogens is 2. The monoisotopic (exact) mass is 278 g/mol. The summed E-state index contributed by atoms with van der Waals surface area (Å²) in [5.74, 6) is 0. The van der Waals surface area contributed by atoms with Gasteiger partial charge in [0.25, 0.3) is 5.56 Å². The molecule has 1 aromatic heterocycles. The fraction of sp³-hybridized carbons (Fsp3) is 0.714. The maximum absolute atomic E-state index is 12.0. The molecule has 1 unspecified atom stereocenters. The molecule has 1 saturated heterocycles. The van der Waals surface area contributed by atoms with E-state index in [4.69, 9.17) is 0 Å². The van der Waals surface area contributed by atoms with Gasteiger partial charge in [-0.3, -0.25) is 14.3 Å². The third-order valence-electron chi connectivity index (χ3n) is 4.38. The molecular formula is C14H22N4O2. The van der Waals surface area contributed by atoms with Gasteiger partial charge in [0.05, 0.1) is 0 Å². The highest BCUT2D eigenvalue weighted by Gasteiger charge is 2.34. The number of rotatable bonds is 4. The maximum Gasteiger partial charge on any atom is 0.330 e. The Balaban J connectivity index is 1.64. The van der Waals surface area contributed by atoms with Gasteiger partial charge in [0, 0.05) is 57.6 Å². The van der Waals surface area contributed by atoms with Crippen molar-refractivity contribution in [2.45, 2.75) is 37.9 Å². The van der Waals surface area contributed by atoms with Crippen molar-refractivity contribution >= 4 is 0 Å². The molecule has 1 saturated carbocycles. The van der Waals surface area contributed by atoms with Gasteiger partial charge in [0.2, 0.25) is 0 Å². The molecule has 0 radical (unpaired) electrons. The van der Waals surface area contributed by atoms with Crippen LogP contribution in [0, 0.1) is 0 Å². The molecule has 1 aliphatic carbocycles. The van der Waals surface area contributed by atoms with Gasteiger partial charge in [0.15, 0.2) is 0 Å². The van der Waals surface area contributed by atoms with E-state index in [1.54, 1.807) is 13.2 Å². The highest BCUT2D eigenvalue weighted by Crippen LogP contribution is 2.29. The molecule has 0 amide bonds. The summed E-state index contributed by atoms with van der Waals surface area (Å²) < 4.78 is 2.63. The van der Waals surface area contributed by atoms with Crippen LogP contribution < -0.4 is 16.6 Å². The van der Waals surface area contributed by atoms with Gasteiger partial charge in [0.1, 0.15) is 0 Å². The number of nitrogens with one attached hydrogen (secondary N) is 1. The van der Waals surface area contributed by atoms with Crippen molar-refractivity contribution in [3.63, 3.8) is 0 Å². The molecule has 0 spiro atoms. The molecule has 2 aliphatic rings. The molecule has 3 rings (SSSR count). The van der Waals surface area contributed by atoms with Gasteiger partial charge in [-0.25, -0.2) is 4.79 Å². The molecule has 2 heterocycles. The summed E-state index contributed by atoms with van der Waals surface area (Å²) in [6.07, 6.45) is 5.47. The zero-order valence-electron chi connectivity index (χ0n) is 12.1. The minimum Gasteiger partial charge on any atom is -0.308 e. The first-order valence-electron chi connectivity index (χ1n) is 7.29. The zero-order chi connectivity index (χ0) is 14.3. The topological polar surface area (TPSA) is 59.3 Å². The summed E-state index contributed by atoms with van der Waals surface area (Å²) in [7, 11) is 3.20. The molecule has 1 aliphatic heterocycles. The molecule has 0 aromatic carbocycles. The van der Waals surface area contributed by atoms with Gasteiger partial charge in [-0.05, 0) is 19.3 Å². The van der Waals surface area contributed by atoms with Crippen LogP contribution in [0.4, 0.5) is 0 Å². The summed E-state index contributed by atoms with van der Waals surface area (Å²) in [5, 5.41) is 3.45. The molecule has 1 N–H and O–H groups in total. The van der Waals surface area contributed by atoms with Crippen LogP contribution in [0.2, 0.25) is 0 Å². The average molecular weight is 278 g/mol. The fourth-order valence-electron chi connectivity index (χ4n) is 2.98. The molecule has 2 fully saturated rings. The van der Waals surface area contributed by atoms with Crippen molar-refractivity contribution in [1.82, 2.24) is 19.4 Å². The van der Waals surface area contributed by atoms with E-state index in [-0.39, 0.29) is 11.2 Å². The fourth-order valence-corrected chi connectivity index (χ4v) is 2.98. The molecule has 0 bridgehead atoms. The molecular weight excluding hydrogens is 256 g/mol. The summed E-state index contributed by atoms with van der Waals surface area (Å²) in [5.41, 5.74) is 0.177. The first kappa shape index (κ1) is 13.6. The van der Waals surface area contributed by atoms with E-state index in [9.17, 15) is 9.59 Å². The highest BCUT2D eigenvalue weighted by atomic mass is 16.2. The molecule has 6 nitrogen and oxygen atoms in total. The number of nitrogens with zero attached hydrogens (tertiary/aromatic N) is 3. The van der Waals surface area contributed by atoms with E-state index < -0.39 is 0 Å². The van der Waals surface area contributed by atoms with Crippen LogP contribution in [0.3, 0.4) is 0 Å². The first-order chi connectivity index (χ1) is 9.56. The molecule has 1 atom stereocenters. The lowest BCUT2D eigenvalue weighted by Crippen LogP contribution is -2.41. The quantitative estimate of drug-likeness (QED) is 0.800. The largest absolute Gasteiger partial charge is 0.330 e. The van der Waals surface area contributed by atoms with Crippen LogP contribution in [0.15, 0.2) is 15.8 Å². The Kier molecular flexibility index (Phi) is 3.52. The van der Waals surface area contributed by atoms with Crippen LogP contribution in [0.5, 0.6) is 0 Å². The molecule has 1 aromatic rings. The third kappa shape index (κ3) is 2.58. The van der Waals surface area contributed by atoms with E-state index >= 15 is 0 Å². The zero-order valence-corrected chi connectivity index (χ0v) is 12.1. The SMILES string of the molecule is Cn1cc(CNC2CCN(C3CC3)C2)c(=O)n(C)c1=O. The van der Waals surface area contributed by atoms with E-state index in [2.05, 4.69) is 10.2 Å². The van der Waals surface area contributed by atoms with Crippen molar-refractivity contribution in [1.29, 1.82) is 0 Å². The number of hydrogen-bond donors (Lipinski definition) is 1. The van der Waals surface area contributed by atoms with Crippen molar-refractivity contribution in [3.05, 3.63) is 32.6 Å². The average Bonchev–Trinajstić information content (AvgIpc) is 3.18. The van der Waals surface area contributed by atoms with Gasteiger partial charge < -0.3 is 9.88 Å². The Bertz CT molecular complexity index is 615. The maximum atomic E-state index is 12.0. The second-order valence-electron chi connectivity index (χ2n) is 6.00. The van der Waals surface area contributed by atoms with Crippen molar-refractivity contribution in [2.75, 3.05) is 13.1 Å². The van der Waals surface area contributed by atoms with E-state index in [1.807, 2.05) is 0 Å². The second kappa shape index (κ2) is 5.18. The van der Waals surface area contributed by atoms with Gasteiger partial charge in [-0.1, -0.05) is 0 Å². The third-order valence-corrected chi connectivity index (χ3v) is 4.38. The van der Waals surface area contributed by atoms with Crippen LogP contribution in [-0.2, 0) is 20.6 Å². The minimum absolute atomic E-state index is 0.197. The van der Waals surface area contributed by atoms with Crippen LogP contribution >= 0.6 is 0 Å². The predicted molar refractivity (Wildman–Crippen MR) is 76.8 cm³/mol. The lowest BCUT2D eigenvalue weighted by Gasteiger charge is -2.16. The molecule has 110 valence electrons. The first-order valence-corrected chi connectivity index (χ1v) is 7.29. The summed E-state index contributed by atoms with van der Waals surface area (Å²) in [6.45, 7) is 2.77. The second-order valence-corrected chi connectivity index (χ2v) is 6.00. The van der Waals surface area contributed by atoms with Gasteiger partial charge in [-0.15, -0.1) is 0 Å². The smallest absolute Gasteiger partial charge is 0.308 e. The lowest BCUT2D eigenvalue weighted by molar-refractivity contribution is 0.317. The highest BCUT2D eigenvalue weighted by molar-refractivity contribution is 5.06. The Morgan fingerprint density at radius 1 is 1.25 bits per heavy atom. The predicted octanol–water partition coefficient (Wildman–Crippen LogP) is -0.590. The van der Waals surface area contributed by atoms with Crippen LogP contribution in [-0.4, -0.2) is 39.2 Å². The van der Waals surface area contributed by atoms with E-state index in [0.29, 0.717) is 18.2 Å². The van der Waals surface area contributed by atoms with Crippen LogP contribution in [0.1, 0.15) is 24.8 Å². The van der Waals surface area contributed by atoms with Gasteiger partial charge >= 0.3 is 5.69 Å². The molecule has 20 heavy (non-hydrogen) atoms. The van der Waals surface area contributed by atoms with Crippen molar-refractivity contribution in [2.24, 2.45) is 14.1 Å². The number of likely N-dealkylation sites (tertiary alicyclic amines) is 1. The summed E-state index contributed by atoms with van der Waals surface area (Å²) in [4.78, 5) is 26.2. The molecule has 6 heteroatoms. The Morgan fingerprint density at radius 2 is 2.00 bits per heavy atom. The number of aryl methyl sites for hydroxylation is 1. The van der Waals surface area contributed by atoms with E-state index in [1.165, 1.54) is 29.0 Å². The van der Waals surface area contributed by atoms with E-state index in [0.717, 1.165) is 25.6 Å². The van der Waals surface area contributed by atoms with Crippen molar-refractivity contribution < 1.29 is 0 Å².